The molecule has 0 unspecified atom stereocenters. The largest absolute Gasteiger partial charge is 0.504 e. The Morgan fingerprint density at radius 3 is 2.62 bits per heavy atom. The summed E-state index contributed by atoms with van der Waals surface area (Å²) in [6, 6.07) is 13.1. The van der Waals surface area contributed by atoms with Gasteiger partial charge in [0.05, 0.1) is 5.52 Å². The number of nitrogens with one attached hydrogen (secondary N) is 1. The van der Waals surface area contributed by atoms with Crippen LogP contribution in [0.25, 0.3) is 27.2 Å². The van der Waals surface area contributed by atoms with Crippen molar-refractivity contribution in [3.05, 3.63) is 68.4 Å². The van der Waals surface area contributed by atoms with Gasteiger partial charge in [0.15, 0.2) is 11.3 Å². The van der Waals surface area contributed by atoms with Crippen molar-refractivity contribution < 1.29 is 5.11 Å². The molecule has 0 fully saturated rings. The minimum Gasteiger partial charge on any atom is -0.504 e. The molecule has 128 valence electrons. The predicted molar refractivity (Wildman–Crippen MR) is 103 cm³/mol. The van der Waals surface area contributed by atoms with Gasteiger partial charge in [-0.15, -0.1) is 11.3 Å². The van der Waals surface area contributed by atoms with Gasteiger partial charge in [0.1, 0.15) is 16.7 Å². The van der Waals surface area contributed by atoms with E-state index in [9.17, 15) is 9.90 Å². The molecule has 7 heteroatoms. The van der Waals surface area contributed by atoms with Crippen molar-refractivity contribution in [2.45, 2.75) is 6.92 Å². The second-order valence-corrected chi connectivity index (χ2v) is 7.14. The number of aromatic amines is 1. The Kier molecular flexibility index (Phi) is 3.83. The van der Waals surface area contributed by atoms with E-state index in [4.69, 9.17) is 16.9 Å². The summed E-state index contributed by atoms with van der Waals surface area (Å²) >= 11 is 8.01. The zero-order chi connectivity index (χ0) is 18.4. The number of fused-ring (bicyclic) bond motifs is 1. The van der Waals surface area contributed by atoms with Crippen LogP contribution in [0.2, 0.25) is 5.15 Å². The van der Waals surface area contributed by atoms with E-state index in [1.165, 1.54) is 10.4 Å². The molecule has 0 aliphatic rings. The summed E-state index contributed by atoms with van der Waals surface area (Å²) in [7, 11) is 0. The van der Waals surface area contributed by atoms with Crippen molar-refractivity contribution in [1.29, 1.82) is 5.26 Å². The highest BCUT2D eigenvalue weighted by atomic mass is 35.5. The molecule has 3 aromatic heterocycles. The monoisotopic (exact) mass is 381 g/mol. The van der Waals surface area contributed by atoms with Crippen molar-refractivity contribution >= 4 is 34.0 Å². The van der Waals surface area contributed by atoms with Crippen LogP contribution >= 0.6 is 22.9 Å². The topological polar surface area (TPSA) is 81.8 Å². The molecule has 0 atom stereocenters. The molecule has 0 amide bonds. The molecule has 0 aliphatic carbocycles. The number of hydrogen-bond acceptors (Lipinski definition) is 4. The normalized spacial score (nSPS) is 11.0. The first-order valence-electron chi connectivity index (χ1n) is 7.72. The van der Waals surface area contributed by atoms with E-state index in [0.29, 0.717) is 21.9 Å². The minimum absolute atomic E-state index is 0.297. The Hall–Kier alpha value is -3.01. The Morgan fingerprint density at radius 1 is 1.27 bits per heavy atom. The lowest BCUT2D eigenvalue weighted by molar-refractivity contribution is 0.476. The van der Waals surface area contributed by atoms with Crippen LogP contribution in [0.3, 0.4) is 0 Å². The molecule has 0 radical (unpaired) electrons. The second kappa shape index (κ2) is 6.06. The number of H-pyrrole nitrogens is 1. The first-order valence-corrected chi connectivity index (χ1v) is 8.98. The number of thiophene rings is 1. The molecule has 5 nitrogen and oxygen atoms in total. The summed E-state index contributed by atoms with van der Waals surface area (Å²) < 4.78 is 1.61. The maximum Gasteiger partial charge on any atom is 0.270 e. The maximum absolute atomic E-state index is 11.9. The number of pyridine rings is 1. The molecule has 4 rings (SSSR count). The van der Waals surface area contributed by atoms with Gasteiger partial charge in [-0.2, -0.15) is 5.26 Å². The Morgan fingerprint density at radius 2 is 2.00 bits per heavy atom. The average molecular weight is 382 g/mol. The van der Waals surface area contributed by atoms with Gasteiger partial charge in [-0.25, -0.2) is 0 Å². The minimum atomic E-state index is -0.644. The maximum atomic E-state index is 11.9. The number of nitriles is 1. The number of rotatable bonds is 2. The number of aromatic hydroxyl groups is 1. The summed E-state index contributed by atoms with van der Waals surface area (Å²) in [4.78, 5) is 15.6. The van der Waals surface area contributed by atoms with Crippen LogP contribution in [0, 0.1) is 18.3 Å². The molecule has 0 saturated carbocycles. The second-order valence-electron chi connectivity index (χ2n) is 5.83. The first kappa shape index (κ1) is 16.5. The fourth-order valence-corrected chi connectivity index (χ4v) is 4.23. The summed E-state index contributed by atoms with van der Waals surface area (Å²) in [5.41, 5.74) is 2.70. The molecule has 0 bridgehead atoms. The lowest BCUT2D eigenvalue weighted by Gasteiger charge is -2.10. The third-order valence-corrected chi connectivity index (χ3v) is 5.60. The molecule has 1 aromatic carbocycles. The lowest BCUT2D eigenvalue weighted by atomic mass is 10.1. The molecular weight excluding hydrogens is 370 g/mol. The van der Waals surface area contributed by atoms with Gasteiger partial charge in [0, 0.05) is 10.6 Å². The summed E-state index contributed by atoms with van der Waals surface area (Å²) in [5.74, 6) is -0.378. The van der Waals surface area contributed by atoms with Crippen molar-refractivity contribution in [3.63, 3.8) is 0 Å². The number of benzene rings is 1. The van der Waals surface area contributed by atoms with E-state index in [1.54, 1.807) is 28.0 Å². The standard InChI is InChI=1S/C19H12ClN3O2S/c1-10-6-7-26-18(10)11-2-4-12(5-3-11)23-15(20)8-14-16(23)17(24)13(9-21)19(25)22-14/h2-8H,1H3,(H2,22,24,25). The van der Waals surface area contributed by atoms with Crippen LogP contribution in [0.1, 0.15) is 11.1 Å². The van der Waals surface area contributed by atoms with Gasteiger partial charge < -0.3 is 10.1 Å². The smallest absolute Gasteiger partial charge is 0.270 e. The zero-order valence-electron chi connectivity index (χ0n) is 13.6. The van der Waals surface area contributed by atoms with Gasteiger partial charge >= 0.3 is 0 Å². The van der Waals surface area contributed by atoms with E-state index >= 15 is 0 Å². The fourth-order valence-electron chi connectivity index (χ4n) is 3.01. The molecule has 26 heavy (non-hydrogen) atoms. The Labute approximate surface area is 157 Å². The first-order chi connectivity index (χ1) is 12.5. The summed E-state index contributed by atoms with van der Waals surface area (Å²) in [6.45, 7) is 2.06. The summed E-state index contributed by atoms with van der Waals surface area (Å²) in [5, 5.41) is 21.9. The lowest BCUT2D eigenvalue weighted by Crippen LogP contribution is -2.10. The number of hydrogen-bond donors (Lipinski definition) is 2. The Bertz CT molecular complexity index is 1240. The molecule has 0 spiro atoms. The molecule has 4 aromatic rings. The van der Waals surface area contributed by atoms with E-state index in [0.717, 1.165) is 5.56 Å². The third-order valence-electron chi connectivity index (χ3n) is 4.25. The fraction of sp³-hybridized carbons (Fsp3) is 0.0526. The van der Waals surface area contributed by atoms with Gasteiger partial charge in [0.25, 0.3) is 5.56 Å². The SMILES string of the molecule is Cc1ccsc1-c1ccc(-n2c(Cl)cc3[nH]c(=O)c(C#N)c(O)c32)cc1. The van der Waals surface area contributed by atoms with Crippen molar-refractivity contribution in [2.75, 3.05) is 0 Å². The van der Waals surface area contributed by atoms with Gasteiger partial charge in [-0.1, -0.05) is 23.7 Å². The zero-order valence-corrected chi connectivity index (χ0v) is 15.1. The number of halogens is 1. The molecule has 0 aliphatic heterocycles. The predicted octanol–water partition coefficient (Wildman–Crippen LogP) is 4.59. The van der Waals surface area contributed by atoms with Crippen LogP contribution < -0.4 is 5.56 Å². The van der Waals surface area contributed by atoms with Crippen molar-refractivity contribution in [1.82, 2.24) is 9.55 Å². The number of aryl methyl sites for hydroxylation is 1. The molecular formula is C19H12ClN3O2S. The number of nitrogens with zero attached hydrogens (tertiary/aromatic N) is 2. The van der Waals surface area contributed by atoms with Crippen molar-refractivity contribution in [2.24, 2.45) is 0 Å². The average Bonchev–Trinajstić information content (AvgIpc) is 3.18. The molecule has 2 N–H and O–H groups in total. The van der Waals surface area contributed by atoms with E-state index < -0.39 is 5.56 Å². The van der Waals surface area contributed by atoms with Crippen LogP contribution in [0.4, 0.5) is 0 Å². The van der Waals surface area contributed by atoms with Gasteiger partial charge in [-0.05, 0) is 47.7 Å². The highest BCUT2D eigenvalue weighted by Crippen LogP contribution is 2.34. The quantitative estimate of drug-likeness (QED) is 0.533. The van der Waals surface area contributed by atoms with E-state index in [2.05, 4.69) is 18.0 Å². The van der Waals surface area contributed by atoms with Gasteiger partial charge in [-0.3, -0.25) is 9.36 Å². The highest BCUT2D eigenvalue weighted by molar-refractivity contribution is 7.13. The molecule has 0 saturated heterocycles. The van der Waals surface area contributed by atoms with Crippen LogP contribution in [0.5, 0.6) is 5.75 Å². The van der Waals surface area contributed by atoms with Crippen molar-refractivity contribution in [3.8, 4) is 27.9 Å². The van der Waals surface area contributed by atoms with Crippen LogP contribution in [0.15, 0.2) is 46.6 Å². The van der Waals surface area contributed by atoms with E-state index in [1.807, 2.05) is 29.6 Å². The Balaban J connectivity index is 1.92. The third kappa shape index (κ3) is 2.41. The summed E-state index contributed by atoms with van der Waals surface area (Å²) in [6.07, 6.45) is 0. The molecule has 3 heterocycles. The number of aromatic nitrogens is 2. The van der Waals surface area contributed by atoms with E-state index in [-0.39, 0.29) is 11.3 Å². The van der Waals surface area contributed by atoms with Gasteiger partial charge in [0.2, 0.25) is 0 Å². The highest BCUT2D eigenvalue weighted by Gasteiger charge is 2.19. The van der Waals surface area contributed by atoms with Crippen LogP contribution in [-0.4, -0.2) is 14.7 Å². The van der Waals surface area contributed by atoms with Crippen LogP contribution in [-0.2, 0) is 0 Å².